The van der Waals surface area contributed by atoms with Crippen molar-refractivity contribution in [1.82, 2.24) is 4.72 Å². The lowest BCUT2D eigenvalue weighted by Crippen LogP contribution is -2.31. The second kappa shape index (κ2) is 8.34. The highest BCUT2D eigenvalue weighted by Gasteiger charge is 2.27. The molecular formula is C19H19NO6S2. The SMILES string of the molecule is COC(=O)c1cc(C(=O)OC)cc(S(=O)(=O)NC2CCSc3ccccc32)c1. The molecule has 3 rings (SSSR count). The van der Waals surface area contributed by atoms with Crippen molar-refractivity contribution in [3.8, 4) is 0 Å². The van der Waals surface area contributed by atoms with Crippen LogP contribution in [0, 0.1) is 0 Å². The predicted octanol–water partition coefficient (Wildman–Crippen LogP) is 2.78. The number of thioether (sulfide) groups is 1. The van der Waals surface area contributed by atoms with Gasteiger partial charge in [-0.1, -0.05) is 18.2 Å². The van der Waals surface area contributed by atoms with E-state index in [4.69, 9.17) is 0 Å². The summed E-state index contributed by atoms with van der Waals surface area (Å²) in [6.45, 7) is 0. The Labute approximate surface area is 167 Å². The average molecular weight is 421 g/mol. The fourth-order valence-electron chi connectivity index (χ4n) is 2.95. The smallest absolute Gasteiger partial charge is 0.337 e. The molecule has 0 bridgehead atoms. The largest absolute Gasteiger partial charge is 0.465 e. The van der Waals surface area contributed by atoms with Crippen molar-refractivity contribution in [2.45, 2.75) is 22.3 Å². The van der Waals surface area contributed by atoms with E-state index >= 15 is 0 Å². The van der Waals surface area contributed by atoms with E-state index in [0.29, 0.717) is 6.42 Å². The van der Waals surface area contributed by atoms with Gasteiger partial charge in [-0.2, -0.15) is 0 Å². The zero-order valence-corrected chi connectivity index (χ0v) is 16.9. The predicted molar refractivity (Wildman–Crippen MR) is 104 cm³/mol. The van der Waals surface area contributed by atoms with Crippen molar-refractivity contribution in [1.29, 1.82) is 0 Å². The first kappa shape index (κ1) is 20.4. The Hall–Kier alpha value is -2.36. The van der Waals surface area contributed by atoms with Crippen molar-refractivity contribution in [3.05, 3.63) is 59.2 Å². The van der Waals surface area contributed by atoms with E-state index in [2.05, 4.69) is 14.2 Å². The van der Waals surface area contributed by atoms with Crippen LogP contribution in [0.25, 0.3) is 0 Å². The van der Waals surface area contributed by atoms with Crippen LogP contribution >= 0.6 is 11.8 Å². The summed E-state index contributed by atoms with van der Waals surface area (Å²) >= 11 is 1.68. The van der Waals surface area contributed by atoms with E-state index in [-0.39, 0.29) is 16.0 Å². The number of esters is 2. The van der Waals surface area contributed by atoms with Gasteiger partial charge in [0.2, 0.25) is 10.0 Å². The summed E-state index contributed by atoms with van der Waals surface area (Å²) in [5.41, 5.74) is 0.801. The van der Waals surface area contributed by atoms with Gasteiger partial charge in [-0.3, -0.25) is 0 Å². The van der Waals surface area contributed by atoms with Gasteiger partial charge in [0.25, 0.3) is 0 Å². The zero-order valence-electron chi connectivity index (χ0n) is 15.3. The normalized spacial score (nSPS) is 16.1. The van der Waals surface area contributed by atoms with Crippen molar-refractivity contribution in [3.63, 3.8) is 0 Å². The molecule has 0 radical (unpaired) electrons. The Bertz CT molecular complexity index is 985. The summed E-state index contributed by atoms with van der Waals surface area (Å²) in [5.74, 6) is -0.719. The zero-order chi connectivity index (χ0) is 20.3. The molecule has 1 unspecified atom stereocenters. The van der Waals surface area contributed by atoms with E-state index < -0.39 is 28.0 Å². The van der Waals surface area contributed by atoms with Crippen LogP contribution in [0.2, 0.25) is 0 Å². The summed E-state index contributed by atoms with van der Waals surface area (Å²) in [7, 11) is -1.65. The topological polar surface area (TPSA) is 98.8 Å². The van der Waals surface area contributed by atoms with E-state index in [1.807, 2.05) is 24.3 Å². The maximum absolute atomic E-state index is 13.0. The molecule has 7 nitrogen and oxygen atoms in total. The molecule has 2 aromatic carbocycles. The Morgan fingerprint density at radius 2 is 1.64 bits per heavy atom. The van der Waals surface area contributed by atoms with E-state index in [0.717, 1.165) is 16.2 Å². The van der Waals surface area contributed by atoms with Crippen LogP contribution in [0.5, 0.6) is 0 Å². The molecule has 0 saturated heterocycles. The van der Waals surface area contributed by atoms with Gasteiger partial charge < -0.3 is 9.47 Å². The summed E-state index contributed by atoms with van der Waals surface area (Å²) in [4.78, 5) is 24.7. The molecule has 0 spiro atoms. The molecule has 0 aliphatic carbocycles. The second-order valence-corrected chi connectivity index (χ2v) is 8.93. The maximum atomic E-state index is 13.0. The number of carbonyl (C=O) groups excluding carboxylic acids is 2. The third-order valence-corrected chi connectivity index (χ3v) is 6.89. The van der Waals surface area contributed by atoms with E-state index in [1.165, 1.54) is 32.4 Å². The number of methoxy groups -OCH3 is 2. The highest BCUT2D eigenvalue weighted by atomic mass is 32.2. The summed E-state index contributed by atoms with van der Waals surface area (Å²) in [6.07, 6.45) is 0.626. The van der Waals surface area contributed by atoms with Gasteiger partial charge in [0.05, 0.1) is 30.2 Å². The number of benzene rings is 2. The molecule has 1 N–H and O–H groups in total. The molecule has 1 aliphatic heterocycles. The van der Waals surface area contributed by atoms with Gasteiger partial charge in [0.1, 0.15) is 0 Å². The Balaban J connectivity index is 2.00. The number of rotatable bonds is 5. The number of sulfonamides is 1. The first-order valence-electron chi connectivity index (χ1n) is 8.41. The molecule has 148 valence electrons. The van der Waals surface area contributed by atoms with E-state index in [9.17, 15) is 18.0 Å². The van der Waals surface area contributed by atoms with Crippen LogP contribution in [0.4, 0.5) is 0 Å². The molecule has 1 heterocycles. The summed E-state index contributed by atoms with van der Waals surface area (Å²) in [6, 6.07) is 10.8. The number of hydrogen-bond acceptors (Lipinski definition) is 7. The first-order valence-corrected chi connectivity index (χ1v) is 10.9. The van der Waals surface area contributed by atoms with Crippen molar-refractivity contribution in [2.24, 2.45) is 0 Å². The maximum Gasteiger partial charge on any atom is 0.337 e. The molecule has 28 heavy (non-hydrogen) atoms. The minimum Gasteiger partial charge on any atom is -0.465 e. The molecule has 2 aromatic rings. The monoisotopic (exact) mass is 421 g/mol. The molecule has 0 saturated carbocycles. The van der Waals surface area contributed by atoms with Gasteiger partial charge >= 0.3 is 11.9 Å². The van der Waals surface area contributed by atoms with E-state index in [1.54, 1.807) is 11.8 Å². The van der Waals surface area contributed by atoms with Crippen LogP contribution in [-0.2, 0) is 19.5 Å². The van der Waals surface area contributed by atoms with Gasteiger partial charge in [0, 0.05) is 10.9 Å². The number of hydrogen-bond donors (Lipinski definition) is 1. The standard InChI is InChI=1S/C19H19NO6S2/c1-25-18(21)12-9-13(19(22)26-2)11-14(10-12)28(23,24)20-16-7-8-27-17-6-4-3-5-15(16)17/h3-6,9-11,16,20H,7-8H2,1-2H3. The Morgan fingerprint density at radius 1 is 1.04 bits per heavy atom. The first-order chi connectivity index (χ1) is 13.4. The van der Waals surface area contributed by atoms with Gasteiger partial charge in [-0.15, -0.1) is 11.8 Å². The van der Waals surface area contributed by atoms with Crippen LogP contribution in [0.1, 0.15) is 38.7 Å². The minimum absolute atomic E-state index is 0.0506. The number of ether oxygens (including phenoxy) is 2. The molecular weight excluding hydrogens is 402 g/mol. The third kappa shape index (κ3) is 4.21. The van der Waals surface area contributed by atoms with Crippen LogP contribution in [-0.4, -0.2) is 40.3 Å². The van der Waals surface area contributed by atoms with Crippen molar-refractivity contribution in [2.75, 3.05) is 20.0 Å². The van der Waals surface area contributed by atoms with Gasteiger partial charge in [-0.05, 0) is 42.0 Å². The summed E-state index contributed by atoms with van der Waals surface area (Å²) < 4.78 is 38.0. The van der Waals surface area contributed by atoms with Gasteiger partial charge in [-0.25, -0.2) is 22.7 Å². The lowest BCUT2D eigenvalue weighted by molar-refractivity contribution is 0.0598. The van der Waals surface area contributed by atoms with Crippen molar-refractivity contribution < 1.29 is 27.5 Å². The van der Waals surface area contributed by atoms with Gasteiger partial charge in [0.15, 0.2) is 0 Å². The minimum atomic E-state index is -4.01. The van der Waals surface area contributed by atoms with Crippen LogP contribution in [0.15, 0.2) is 52.3 Å². The molecule has 1 atom stereocenters. The lowest BCUT2D eigenvalue weighted by Gasteiger charge is -2.25. The van der Waals surface area contributed by atoms with Crippen LogP contribution in [0.3, 0.4) is 0 Å². The molecule has 1 aliphatic rings. The number of nitrogens with one attached hydrogen (secondary N) is 1. The third-order valence-electron chi connectivity index (χ3n) is 4.31. The highest BCUT2D eigenvalue weighted by Crippen LogP contribution is 2.36. The highest BCUT2D eigenvalue weighted by molar-refractivity contribution is 7.99. The molecule has 0 amide bonds. The fourth-order valence-corrected chi connectivity index (χ4v) is 5.39. The number of fused-ring (bicyclic) bond motifs is 1. The molecule has 0 fully saturated rings. The number of carbonyl (C=O) groups is 2. The quantitative estimate of drug-likeness (QED) is 0.741. The summed E-state index contributed by atoms with van der Waals surface area (Å²) in [5, 5.41) is 0. The Kier molecular flexibility index (Phi) is 6.07. The average Bonchev–Trinajstić information content (AvgIpc) is 2.72. The van der Waals surface area contributed by atoms with Crippen LogP contribution < -0.4 is 4.72 Å². The fraction of sp³-hybridized carbons (Fsp3) is 0.263. The lowest BCUT2D eigenvalue weighted by atomic mass is 10.1. The molecule has 0 aromatic heterocycles. The second-order valence-electron chi connectivity index (χ2n) is 6.08. The Morgan fingerprint density at radius 3 is 2.25 bits per heavy atom. The van der Waals surface area contributed by atoms with Crippen molar-refractivity contribution >= 4 is 33.7 Å². The molecule has 9 heteroatoms.